The third-order valence-corrected chi connectivity index (χ3v) is 5.54. The summed E-state index contributed by atoms with van der Waals surface area (Å²) in [5.74, 6) is -2.02. The number of furan rings is 1. The molecule has 34 heavy (non-hydrogen) atoms. The molecule has 1 unspecified atom stereocenters. The zero-order valence-electron chi connectivity index (χ0n) is 18.5. The van der Waals surface area contributed by atoms with Gasteiger partial charge in [-0.1, -0.05) is 42.5 Å². The van der Waals surface area contributed by atoms with Crippen LogP contribution >= 0.6 is 0 Å². The number of rotatable bonds is 5. The lowest BCUT2D eigenvalue weighted by molar-refractivity contribution is -0.139. The Kier molecular flexibility index (Phi) is 6.19. The fourth-order valence-electron chi connectivity index (χ4n) is 4.07. The van der Waals surface area contributed by atoms with E-state index in [4.69, 9.17) is 19.6 Å². The van der Waals surface area contributed by atoms with Crippen LogP contribution in [0.15, 0.2) is 100 Å². The minimum atomic E-state index is -0.931. The molecule has 3 aromatic rings. The smallest absolute Gasteiger partial charge is 0.355 e. The maximum Gasteiger partial charge on any atom is 0.355 e. The Bertz CT molecular complexity index is 1330. The first kappa shape index (κ1) is 22.4. The van der Waals surface area contributed by atoms with Crippen molar-refractivity contribution in [2.24, 2.45) is 5.73 Å². The summed E-state index contributed by atoms with van der Waals surface area (Å²) in [6, 6.07) is 21.5. The number of methoxy groups -OCH3 is 2. The zero-order chi connectivity index (χ0) is 24.2. The molecule has 1 aliphatic rings. The molecule has 0 amide bonds. The van der Waals surface area contributed by atoms with Crippen molar-refractivity contribution in [3.05, 3.63) is 101 Å². The van der Waals surface area contributed by atoms with Crippen molar-refractivity contribution < 1.29 is 23.5 Å². The number of esters is 2. The van der Waals surface area contributed by atoms with E-state index in [1.54, 1.807) is 66.7 Å². The number of allylic oxidation sites excluding steroid dienone is 1. The average molecular weight is 455 g/mol. The lowest BCUT2D eigenvalue weighted by atomic mass is 9.80. The number of ether oxygens (including phenoxy) is 2. The SMILES string of the molecule is COC(=O)C1=C(C(=O)OC)N(c2ccccc2-c2ccco2)C(N)=C(C#N)C1c1ccccc1. The van der Waals surface area contributed by atoms with E-state index in [1.165, 1.54) is 25.4 Å². The molecule has 1 aliphatic heterocycles. The minimum absolute atomic E-state index is 0.0107. The second kappa shape index (κ2) is 9.38. The predicted molar refractivity (Wildman–Crippen MR) is 124 cm³/mol. The van der Waals surface area contributed by atoms with Crippen molar-refractivity contribution >= 4 is 17.6 Å². The highest BCUT2D eigenvalue weighted by Gasteiger charge is 2.43. The highest BCUT2D eigenvalue weighted by molar-refractivity contribution is 6.07. The van der Waals surface area contributed by atoms with Crippen molar-refractivity contribution in [2.75, 3.05) is 19.1 Å². The molecule has 8 nitrogen and oxygen atoms in total. The van der Waals surface area contributed by atoms with E-state index < -0.39 is 17.9 Å². The molecule has 0 spiro atoms. The molecule has 1 aromatic heterocycles. The van der Waals surface area contributed by atoms with Gasteiger partial charge >= 0.3 is 11.9 Å². The lowest BCUT2D eigenvalue weighted by Gasteiger charge is -2.36. The van der Waals surface area contributed by atoms with Crippen molar-refractivity contribution in [3.63, 3.8) is 0 Å². The van der Waals surface area contributed by atoms with Crippen LogP contribution in [0.2, 0.25) is 0 Å². The second-order valence-electron chi connectivity index (χ2n) is 7.33. The highest BCUT2D eigenvalue weighted by atomic mass is 16.5. The number of nitrogens with zero attached hydrogens (tertiary/aromatic N) is 2. The van der Waals surface area contributed by atoms with Crippen LogP contribution in [0, 0.1) is 11.3 Å². The molecule has 170 valence electrons. The van der Waals surface area contributed by atoms with Crippen LogP contribution in [-0.4, -0.2) is 26.2 Å². The molecule has 2 N–H and O–H groups in total. The third-order valence-electron chi connectivity index (χ3n) is 5.54. The fraction of sp³-hybridized carbons (Fsp3) is 0.115. The summed E-state index contributed by atoms with van der Waals surface area (Å²) in [4.78, 5) is 27.7. The van der Waals surface area contributed by atoms with E-state index in [-0.39, 0.29) is 22.7 Å². The Labute approximate surface area is 196 Å². The summed E-state index contributed by atoms with van der Waals surface area (Å²) >= 11 is 0. The van der Waals surface area contributed by atoms with Crippen LogP contribution in [0.1, 0.15) is 11.5 Å². The van der Waals surface area contributed by atoms with Gasteiger partial charge in [0.05, 0.1) is 49.3 Å². The average Bonchev–Trinajstić information content (AvgIpc) is 3.42. The highest BCUT2D eigenvalue weighted by Crippen LogP contribution is 2.45. The molecule has 0 saturated heterocycles. The van der Waals surface area contributed by atoms with E-state index in [0.29, 0.717) is 22.6 Å². The van der Waals surface area contributed by atoms with Gasteiger partial charge in [-0.25, -0.2) is 9.59 Å². The van der Waals surface area contributed by atoms with Crippen LogP contribution in [0.5, 0.6) is 0 Å². The van der Waals surface area contributed by atoms with Gasteiger partial charge in [-0.3, -0.25) is 4.90 Å². The molecule has 1 atom stereocenters. The maximum atomic E-state index is 13.2. The summed E-state index contributed by atoms with van der Waals surface area (Å²) in [7, 11) is 2.42. The second-order valence-corrected chi connectivity index (χ2v) is 7.33. The first-order valence-electron chi connectivity index (χ1n) is 10.3. The van der Waals surface area contributed by atoms with Gasteiger partial charge in [0.1, 0.15) is 17.3 Å². The van der Waals surface area contributed by atoms with Crippen LogP contribution in [-0.2, 0) is 19.1 Å². The number of hydrogen-bond acceptors (Lipinski definition) is 8. The quantitative estimate of drug-likeness (QED) is 0.577. The molecule has 4 rings (SSSR count). The molecule has 0 saturated carbocycles. The monoisotopic (exact) mass is 455 g/mol. The van der Waals surface area contributed by atoms with Gasteiger partial charge in [-0.05, 0) is 29.8 Å². The maximum absolute atomic E-state index is 13.2. The number of carbonyl (C=O) groups is 2. The van der Waals surface area contributed by atoms with Crippen LogP contribution in [0.3, 0.4) is 0 Å². The van der Waals surface area contributed by atoms with Gasteiger partial charge < -0.3 is 19.6 Å². The Morgan fingerprint density at radius 2 is 1.65 bits per heavy atom. The summed E-state index contributed by atoms with van der Waals surface area (Å²) in [6.07, 6.45) is 1.52. The van der Waals surface area contributed by atoms with Gasteiger partial charge in [0.25, 0.3) is 0 Å². The summed E-state index contributed by atoms with van der Waals surface area (Å²) in [5.41, 5.74) is 8.08. The van der Waals surface area contributed by atoms with E-state index in [2.05, 4.69) is 6.07 Å². The molecule has 0 radical (unpaired) electrons. The van der Waals surface area contributed by atoms with E-state index >= 15 is 0 Å². The number of nitriles is 1. The van der Waals surface area contributed by atoms with Crippen molar-refractivity contribution in [1.82, 2.24) is 0 Å². The van der Waals surface area contributed by atoms with E-state index in [9.17, 15) is 14.9 Å². The molecular weight excluding hydrogens is 434 g/mol. The van der Waals surface area contributed by atoms with E-state index in [0.717, 1.165) is 0 Å². The summed E-state index contributed by atoms with van der Waals surface area (Å²) < 4.78 is 15.7. The molecule has 8 heteroatoms. The zero-order valence-corrected chi connectivity index (χ0v) is 18.5. The van der Waals surface area contributed by atoms with Crippen molar-refractivity contribution in [2.45, 2.75) is 5.92 Å². The summed E-state index contributed by atoms with van der Waals surface area (Å²) in [5, 5.41) is 10.1. The molecule has 0 fully saturated rings. The number of nitrogens with two attached hydrogens (primary N) is 1. The third kappa shape index (κ3) is 3.69. The van der Waals surface area contributed by atoms with Crippen LogP contribution in [0.4, 0.5) is 5.69 Å². The fourth-order valence-corrected chi connectivity index (χ4v) is 4.07. The molecule has 2 heterocycles. The van der Waals surface area contributed by atoms with Gasteiger partial charge in [0, 0.05) is 5.56 Å². The number of para-hydroxylation sites is 1. The molecule has 0 bridgehead atoms. The van der Waals surface area contributed by atoms with Crippen molar-refractivity contribution in [3.8, 4) is 17.4 Å². The predicted octanol–water partition coefficient (Wildman–Crippen LogP) is 3.84. The minimum Gasteiger partial charge on any atom is -0.466 e. The topological polar surface area (TPSA) is 119 Å². The lowest BCUT2D eigenvalue weighted by Crippen LogP contribution is -2.41. The standard InChI is InChI=1S/C26H21N3O5/c1-32-25(30)22-21(16-9-4-3-5-10-16)18(15-27)24(28)29(23(22)26(31)33-2)19-12-7-6-11-17(19)20-13-8-14-34-20/h3-14,21H,28H2,1-2H3. The molecule has 2 aromatic carbocycles. The van der Waals surface area contributed by atoms with Gasteiger partial charge in [0.2, 0.25) is 0 Å². The number of anilines is 1. The Balaban J connectivity index is 2.09. The summed E-state index contributed by atoms with van der Waals surface area (Å²) in [6.45, 7) is 0. The largest absolute Gasteiger partial charge is 0.466 e. The first-order chi connectivity index (χ1) is 16.5. The van der Waals surface area contributed by atoms with Gasteiger partial charge in [0.15, 0.2) is 0 Å². The molecule has 0 aliphatic carbocycles. The Hall–Kier alpha value is -4.77. The van der Waals surface area contributed by atoms with Crippen LogP contribution < -0.4 is 10.6 Å². The van der Waals surface area contributed by atoms with Gasteiger partial charge in [-0.15, -0.1) is 0 Å². The van der Waals surface area contributed by atoms with Crippen LogP contribution in [0.25, 0.3) is 11.3 Å². The van der Waals surface area contributed by atoms with E-state index in [1.807, 2.05) is 0 Å². The molecular formula is C26H21N3O5. The van der Waals surface area contributed by atoms with Gasteiger partial charge in [-0.2, -0.15) is 5.26 Å². The first-order valence-corrected chi connectivity index (χ1v) is 10.3. The van der Waals surface area contributed by atoms with Crippen molar-refractivity contribution in [1.29, 1.82) is 5.26 Å². The Morgan fingerprint density at radius 1 is 0.971 bits per heavy atom. The Morgan fingerprint density at radius 3 is 2.26 bits per heavy atom. The number of hydrogen-bond donors (Lipinski definition) is 1. The number of carbonyl (C=O) groups excluding carboxylic acids is 2. The number of benzene rings is 2. The normalized spacial score (nSPS) is 15.7.